The number of aryl methyl sites for hydroxylation is 1. The summed E-state index contributed by atoms with van der Waals surface area (Å²) >= 11 is 0. The van der Waals surface area contributed by atoms with Crippen LogP contribution in [0, 0.1) is 6.92 Å². The molecule has 0 bridgehead atoms. The van der Waals surface area contributed by atoms with Gasteiger partial charge in [-0.25, -0.2) is 15.0 Å². The number of nitrogens with zero attached hydrogens (tertiary/aromatic N) is 5. The molecule has 4 aromatic heterocycles. The lowest BCUT2D eigenvalue weighted by Gasteiger charge is -2.17. The highest BCUT2D eigenvalue weighted by Gasteiger charge is 2.33. The van der Waals surface area contributed by atoms with Gasteiger partial charge in [0.25, 0.3) is 5.56 Å². The van der Waals surface area contributed by atoms with Crippen molar-refractivity contribution in [2.75, 3.05) is 11.9 Å². The van der Waals surface area contributed by atoms with E-state index in [0.717, 1.165) is 11.1 Å². The van der Waals surface area contributed by atoms with Crippen molar-refractivity contribution in [2.45, 2.75) is 53.6 Å². The Balaban J connectivity index is 0.00000115. The number of aromatic amines is 1. The molecule has 0 saturated heterocycles. The molecular weight excluding hydrogens is 482 g/mol. The van der Waals surface area contributed by atoms with Crippen LogP contribution in [0.15, 0.2) is 54.0 Å². The summed E-state index contributed by atoms with van der Waals surface area (Å²) in [5, 5.41) is 5.10. The molecule has 0 saturated carbocycles. The molecule has 37 heavy (non-hydrogen) atoms. The molecule has 3 N–H and O–H groups in total. The molecule has 0 spiro atoms. The van der Waals surface area contributed by atoms with Crippen LogP contribution in [-0.4, -0.2) is 41.9 Å². The molecule has 0 aliphatic carbocycles. The van der Waals surface area contributed by atoms with E-state index in [4.69, 9.17) is 0 Å². The Bertz CT molecular complexity index is 1340. The number of carbonyl (C=O) groups is 1. The second-order valence-electron chi connectivity index (χ2n) is 7.31. The Morgan fingerprint density at radius 2 is 1.84 bits per heavy atom. The number of alkyl halides is 2. The van der Waals surface area contributed by atoms with E-state index in [1.165, 1.54) is 41.5 Å². The molecule has 4 aromatic rings. The van der Waals surface area contributed by atoms with Crippen molar-refractivity contribution >= 4 is 22.9 Å². The molecule has 0 aliphatic heterocycles. The Labute approximate surface area is 213 Å². The lowest BCUT2D eigenvalue weighted by Crippen LogP contribution is -2.36. The van der Waals surface area contributed by atoms with Crippen LogP contribution in [0.1, 0.15) is 44.6 Å². The van der Waals surface area contributed by atoms with E-state index in [0.29, 0.717) is 11.3 Å². The van der Waals surface area contributed by atoms with Crippen LogP contribution < -0.4 is 16.2 Å². The summed E-state index contributed by atoms with van der Waals surface area (Å²) < 4.78 is 29.9. The number of halogens is 2. The Kier molecular flexibility index (Phi) is 10.8. The number of carbonyl (C=O) groups excluding carboxylic acids is 1. The van der Waals surface area contributed by atoms with Gasteiger partial charge in [-0.3, -0.25) is 19.1 Å². The molecule has 0 aliphatic rings. The van der Waals surface area contributed by atoms with Gasteiger partial charge in [-0.2, -0.15) is 8.78 Å². The molecule has 0 aromatic carbocycles. The lowest BCUT2D eigenvalue weighted by atomic mass is 10.2. The maximum Gasteiger partial charge on any atom is 0.306 e. The standard InChI is InChI=1S/C21H20F2N8O2.2C2H6/c1-13-7-26-19(28-11-21(22,23)16-4-2-3-5-24-16)20(33)31(13)10-17(32)25-8-14-6-15-18(27-9-14)30-12-29-15;2*1-2/h2-7,9,12H,8,10-11H2,1H3,(H,25,32)(H,26,28)(H,27,29,30);2*1-2H3. The van der Waals surface area contributed by atoms with Crippen molar-refractivity contribution in [3.05, 3.63) is 76.5 Å². The summed E-state index contributed by atoms with van der Waals surface area (Å²) in [6.45, 7) is 8.63. The van der Waals surface area contributed by atoms with Crippen LogP contribution >= 0.6 is 0 Å². The Hall–Kier alpha value is -4.22. The van der Waals surface area contributed by atoms with E-state index in [2.05, 4.69) is 35.6 Å². The first-order valence-corrected chi connectivity index (χ1v) is 12.0. The van der Waals surface area contributed by atoms with Crippen LogP contribution in [0.25, 0.3) is 11.2 Å². The topological polar surface area (TPSA) is 130 Å². The second kappa shape index (κ2) is 13.8. The zero-order valence-electron chi connectivity index (χ0n) is 21.5. The largest absolute Gasteiger partial charge is 0.359 e. The molecule has 0 fully saturated rings. The number of rotatable bonds is 8. The van der Waals surface area contributed by atoms with Crippen molar-refractivity contribution in [1.29, 1.82) is 0 Å². The minimum atomic E-state index is -3.31. The minimum absolute atomic E-state index is 0.196. The smallest absolute Gasteiger partial charge is 0.306 e. The van der Waals surface area contributed by atoms with E-state index in [1.807, 2.05) is 33.8 Å². The average molecular weight is 515 g/mol. The van der Waals surface area contributed by atoms with Gasteiger partial charge in [0.15, 0.2) is 11.5 Å². The number of imidazole rings is 1. The Morgan fingerprint density at radius 1 is 1.08 bits per heavy atom. The van der Waals surface area contributed by atoms with E-state index >= 15 is 0 Å². The predicted molar refractivity (Wildman–Crippen MR) is 138 cm³/mol. The lowest BCUT2D eigenvalue weighted by molar-refractivity contribution is -0.121. The number of anilines is 1. The van der Waals surface area contributed by atoms with Crippen LogP contribution in [0.3, 0.4) is 0 Å². The summed E-state index contributed by atoms with van der Waals surface area (Å²) in [5.74, 6) is -4.02. The van der Waals surface area contributed by atoms with Gasteiger partial charge in [0.1, 0.15) is 12.2 Å². The SMILES string of the molecule is CC.CC.Cc1cnc(NCC(F)(F)c2ccccn2)c(=O)n1CC(=O)NCc1cnc2nc[nH]c2c1. The molecule has 0 unspecified atom stereocenters. The fourth-order valence-corrected chi connectivity index (χ4v) is 3.12. The van der Waals surface area contributed by atoms with Crippen molar-refractivity contribution in [2.24, 2.45) is 0 Å². The highest BCUT2D eigenvalue weighted by Crippen LogP contribution is 2.25. The molecule has 10 nitrogen and oxygen atoms in total. The van der Waals surface area contributed by atoms with Crippen molar-refractivity contribution in [1.82, 2.24) is 34.8 Å². The zero-order chi connectivity index (χ0) is 27.4. The molecule has 1 amide bonds. The summed E-state index contributed by atoms with van der Waals surface area (Å²) in [7, 11) is 0. The number of hydrogen-bond acceptors (Lipinski definition) is 7. The first-order chi connectivity index (χ1) is 17.8. The van der Waals surface area contributed by atoms with Gasteiger partial charge < -0.3 is 15.6 Å². The second-order valence-corrected chi connectivity index (χ2v) is 7.31. The number of nitrogens with one attached hydrogen (secondary N) is 3. The summed E-state index contributed by atoms with van der Waals surface area (Å²) in [4.78, 5) is 43.9. The molecule has 198 valence electrons. The minimum Gasteiger partial charge on any atom is -0.359 e. The highest BCUT2D eigenvalue weighted by atomic mass is 19.3. The predicted octanol–water partition coefficient (Wildman–Crippen LogP) is 3.79. The third-order valence-electron chi connectivity index (χ3n) is 4.89. The number of fused-ring (bicyclic) bond motifs is 1. The first-order valence-electron chi connectivity index (χ1n) is 12.0. The molecule has 0 atom stereocenters. The van der Waals surface area contributed by atoms with Crippen LogP contribution in [0.4, 0.5) is 14.6 Å². The van der Waals surface area contributed by atoms with E-state index in [9.17, 15) is 18.4 Å². The van der Waals surface area contributed by atoms with Gasteiger partial charge >= 0.3 is 5.92 Å². The van der Waals surface area contributed by atoms with Gasteiger partial charge in [-0.05, 0) is 30.7 Å². The molecule has 4 heterocycles. The van der Waals surface area contributed by atoms with Crippen LogP contribution in [-0.2, 0) is 23.8 Å². The quantitative estimate of drug-likeness (QED) is 0.326. The molecule has 0 radical (unpaired) electrons. The van der Waals surface area contributed by atoms with Crippen LogP contribution in [0.5, 0.6) is 0 Å². The number of hydrogen-bond donors (Lipinski definition) is 3. The van der Waals surface area contributed by atoms with Gasteiger partial charge in [0.2, 0.25) is 5.91 Å². The van der Waals surface area contributed by atoms with Gasteiger partial charge in [-0.15, -0.1) is 0 Å². The number of pyridine rings is 2. The maximum absolute atomic E-state index is 14.4. The van der Waals surface area contributed by atoms with Gasteiger partial charge in [0.05, 0.1) is 18.4 Å². The summed E-state index contributed by atoms with van der Waals surface area (Å²) in [6.07, 6.45) is 5.72. The van der Waals surface area contributed by atoms with Gasteiger partial charge in [0, 0.05) is 30.8 Å². The number of amides is 1. The fourth-order valence-electron chi connectivity index (χ4n) is 3.12. The van der Waals surface area contributed by atoms with Crippen LogP contribution in [0.2, 0.25) is 0 Å². The maximum atomic E-state index is 14.4. The summed E-state index contributed by atoms with van der Waals surface area (Å²) in [6, 6.07) is 6.00. The third kappa shape index (κ3) is 7.63. The third-order valence-corrected chi connectivity index (χ3v) is 4.89. The Morgan fingerprint density at radius 3 is 2.54 bits per heavy atom. The van der Waals surface area contributed by atoms with Crippen molar-refractivity contribution in [3.8, 4) is 0 Å². The van der Waals surface area contributed by atoms with Gasteiger partial charge in [-0.1, -0.05) is 33.8 Å². The number of aromatic nitrogens is 6. The van der Waals surface area contributed by atoms with E-state index < -0.39 is 29.6 Å². The fraction of sp³-hybridized carbons (Fsp3) is 0.360. The average Bonchev–Trinajstić information content (AvgIpc) is 3.40. The zero-order valence-corrected chi connectivity index (χ0v) is 21.5. The monoisotopic (exact) mass is 514 g/mol. The first kappa shape index (κ1) is 29.0. The summed E-state index contributed by atoms with van der Waals surface area (Å²) in [5.41, 5.74) is 1.37. The van der Waals surface area contributed by atoms with Crippen molar-refractivity contribution in [3.63, 3.8) is 0 Å². The molecule has 4 rings (SSSR count). The molecular formula is C25H32F2N8O2. The van der Waals surface area contributed by atoms with Crippen molar-refractivity contribution < 1.29 is 13.6 Å². The normalized spacial score (nSPS) is 10.6. The highest BCUT2D eigenvalue weighted by molar-refractivity contribution is 5.76. The molecule has 12 heteroatoms. The van der Waals surface area contributed by atoms with E-state index in [1.54, 1.807) is 13.1 Å². The number of H-pyrrole nitrogens is 1. The van der Waals surface area contributed by atoms with E-state index in [-0.39, 0.29) is 18.9 Å².